The third-order valence-corrected chi connectivity index (χ3v) is 4.40. The van der Waals surface area contributed by atoms with Crippen molar-refractivity contribution in [3.8, 4) is 11.1 Å². The molecule has 2 rings (SSSR count). The lowest BCUT2D eigenvalue weighted by atomic mass is 10.1. The first-order chi connectivity index (χ1) is 11.5. The Morgan fingerprint density at radius 3 is 2.83 bits per heavy atom. The fourth-order valence-corrected chi connectivity index (χ4v) is 3.09. The number of nitrogens with zero attached hydrogens (tertiary/aromatic N) is 1. The highest BCUT2D eigenvalue weighted by Crippen LogP contribution is 2.31. The minimum Gasteiger partial charge on any atom is -0.481 e. The minimum absolute atomic E-state index is 0.104. The first-order valence-corrected chi connectivity index (χ1v) is 8.82. The van der Waals surface area contributed by atoms with E-state index in [0.29, 0.717) is 17.1 Å². The van der Waals surface area contributed by atoms with Crippen molar-refractivity contribution in [3.05, 3.63) is 42.3 Å². The van der Waals surface area contributed by atoms with Gasteiger partial charge in [-0.05, 0) is 55.9 Å². The lowest BCUT2D eigenvalue weighted by Gasteiger charge is -2.14. The normalized spacial score (nSPS) is 10.8. The molecular weight excluding hydrogens is 327 g/mol. The van der Waals surface area contributed by atoms with Crippen LogP contribution >= 0.6 is 11.8 Å². The number of hydrogen-bond acceptors (Lipinski definition) is 4. The van der Waals surface area contributed by atoms with Crippen molar-refractivity contribution in [2.24, 2.45) is 0 Å². The average molecular weight is 348 g/mol. The molecule has 24 heavy (non-hydrogen) atoms. The summed E-state index contributed by atoms with van der Waals surface area (Å²) in [5, 5.41) is 11.9. The lowest BCUT2D eigenvalue weighted by molar-refractivity contribution is -0.137. The largest absolute Gasteiger partial charge is 0.481 e. The Hall–Kier alpha value is -2.08. The van der Waals surface area contributed by atoms with E-state index < -0.39 is 5.97 Å². The van der Waals surface area contributed by atoms with Crippen LogP contribution in [0.15, 0.2) is 41.4 Å². The molecule has 0 aliphatic heterocycles. The van der Waals surface area contributed by atoms with E-state index in [1.165, 1.54) is 17.8 Å². The molecule has 0 saturated carbocycles. The fraction of sp³-hybridized carbons (Fsp3) is 0.333. The van der Waals surface area contributed by atoms with Crippen molar-refractivity contribution in [2.75, 3.05) is 11.1 Å². The predicted molar refractivity (Wildman–Crippen MR) is 96.0 cm³/mol. The number of carboxylic acids is 1. The second-order valence-corrected chi connectivity index (χ2v) is 6.83. The summed E-state index contributed by atoms with van der Waals surface area (Å²) in [6.45, 7) is 4.05. The Morgan fingerprint density at radius 1 is 1.38 bits per heavy atom. The molecule has 0 aliphatic carbocycles. The Morgan fingerprint density at radius 2 is 2.17 bits per heavy atom. The SMILES string of the molecule is CC(C)Nc1ncccc1-c1ccc(SCCCC(=O)O)c(F)c1. The molecule has 1 aromatic carbocycles. The maximum atomic E-state index is 14.3. The average Bonchev–Trinajstić information content (AvgIpc) is 2.52. The van der Waals surface area contributed by atoms with Gasteiger partial charge >= 0.3 is 5.97 Å². The van der Waals surface area contributed by atoms with E-state index in [2.05, 4.69) is 10.3 Å². The molecule has 0 unspecified atom stereocenters. The van der Waals surface area contributed by atoms with Crippen molar-refractivity contribution < 1.29 is 14.3 Å². The van der Waals surface area contributed by atoms with Crippen LogP contribution in [0.5, 0.6) is 0 Å². The number of rotatable bonds is 8. The van der Waals surface area contributed by atoms with Gasteiger partial charge < -0.3 is 10.4 Å². The second kappa shape index (κ2) is 8.68. The van der Waals surface area contributed by atoms with Gasteiger partial charge in [-0.3, -0.25) is 4.79 Å². The number of anilines is 1. The Kier molecular flexibility index (Phi) is 6.61. The number of aliphatic carboxylic acids is 1. The molecule has 6 heteroatoms. The highest BCUT2D eigenvalue weighted by Gasteiger charge is 2.10. The molecule has 1 aromatic heterocycles. The summed E-state index contributed by atoms with van der Waals surface area (Å²) < 4.78 is 14.3. The van der Waals surface area contributed by atoms with Crippen LogP contribution in [0.1, 0.15) is 26.7 Å². The predicted octanol–water partition coefficient (Wildman–Crippen LogP) is 4.66. The Balaban J connectivity index is 2.13. The van der Waals surface area contributed by atoms with E-state index >= 15 is 0 Å². The van der Waals surface area contributed by atoms with E-state index in [1.807, 2.05) is 32.0 Å². The van der Waals surface area contributed by atoms with Crippen LogP contribution in [0.25, 0.3) is 11.1 Å². The number of pyridine rings is 1. The minimum atomic E-state index is -0.826. The zero-order valence-electron chi connectivity index (χ0n) is 13.8. The highest BCUT2D eigenvalue weighted by atomic mass is 32.2. The van der Waals surface area contributed by atoms with Crippen molar-refractivity contribution in [1.29, 1.82) is 0 Å². The monoisotopic (exact) mass is 348 g/mol. The van der Waals surface area contributed by atoms with Crippen LogP contribution in [0.2, 0.25) is 0 Å². The summed E-state index contributed by atoms with van der Waals surface area (Å²) in [5.41, 5.74) is 1.62. The summed E-state index contributed by atoms with van der Waals surface area (Å²) in [6, 6.07) is 9.07. The zero-order chi connectivity index (χ0) is 17.5. The maximum Gasteiger partial charge on any atom is 0.303 e. The molecule has 128 valence electrons. The zero-order valence-corrected chi connectivity index (χ0v) is 14.6. The van der Waals surface area contributed by atoms with Crippen LogP contribution in [-0.4, -0.2) is 27.9 Å². The quantitative estimate of drug-likeness (QED) is 0.536. The smallest absolute Gasteiger partial charge is 0.303 e. The number of hydrogen-bond donors (Lipinski definition) is 2. The van der Waals surface area contributed by atoms with Crippen LogP contribution < -0.4 is 5.32 Å². The van der Waals surface area contributed by atoms with Crippen molar-refractivity contribution in [2.45, 2.75) is 37.6 Å². The summed E-state index contributed by atoms with van der Waals surface area (Å²) in [7, 11) is 0. The third kappa shape index (κ3) is 5.23. The van der Waals surface area contributed by atoms with Crippen molar-refractivity contribution >= 4 is 23.5 Å². The number of carboxylic acid groups (broad SMARTS) is 1. The van der Waals surface area contributed by atoms with Crippen LogP contribution in [0.4, 0.5) is 10.2 Å². The first-order valence-electron chi connectivity index (χ1n) is 7.83. The van der Waals surface area contributed by atoms with E-state index in [1.54, 1.807) is 12.3 Å². The lowest BCUT2D eigenvalue weighted by Crippen LogP contribution is -2.11. The van der Waals surface area contributed by atoms with Gasteiger partial charge in [0, 0.05) is 29.1 Å². The van der Waals surface area contributed by atoms with E-state index in [4.69, 9.17) is 5.11 Å². The topological polar surface area (TPSA) is 62.2 Å². The molecule has 0 fully saturated rings. The number of carbonyl (C=O) groups is 1. The number of aromatic nitrogens is 1. The highest BCUT2D eigenvalue weighted by molar-refractivity contribution is 7.99. The third-order valence-electron chi connectivity index (χ3n) is 3.27. The molecule has 1 heterocycles. The fourth-order valence-electron chi connectivity index (χ4n) is 2.22. The molecule has 0 bridgehead atoms. The summed E-state index contributed by atoms with van der Waals surface area (Å²) in [6.07, 6.45) is 2.33. The van der Waals surface area contributed by atoms with E-state index in [9.17, 15) is 9.18 Å². The molecule has 4 nitrogen and oxygen atoms in total. The molecule has 0 saturated heterocycles. The summed E-state index contributed by atoms with van der Waals surface area (Å²) >= 11 is 1.34. The van der Waals surface area contributed by atoms with Crippen LogP contribution in [0, 0.1) is 5.82 Å². The van der Waals surface area contributed by atoms with Gasteiger partial charge in [0.2, 0.25) is 0 Å². The van der Waals surface area contributed by atoms with Gasteiger partial charge in [0.1, 0.15) is 11.6 Å². The van der Waals surface area contributed by atoms with E-state index in [-0.39, 0.29) is 18.3 Å². The Labute approximate surface area is 145 Å². The van der Waals surface area contributed by atoms with E-state index in [0.717, 1.165) is 16.9 Å². The Bertz CT molecular complexity index is 707. The molecule has 2 N–H and O–H groups in total. The molecule has 0 aliphatic rings. The van der Waals surface area contributed by atoms with Gasteiger partial charge in [0.05, 0.1) is 0 Å². The van der Waals surface area contributed by atoms with Crippen LogP contribution in [-0.2, 0) is 4.79 Å². The van der Waals surface area contributed by atoms with Crippen molar-refractivity contribution in [1.82, 2.24) is 4.98 Å². The molecular formula is C18H21FN2O2S. The van der Waals surface area contributed by atoms with Gasteiger partial charge in [0.25, 0.3) is 0 Å². The van der Waals surface area contributed by atoms with Crippen molar-refractivity contribution in [3.63, 3.8) is 0 Å². The van der Waals surface area contributed by atoms with Gasteiger partial charge in [0.15, 0.2) is 0 Å². The number of thioether (sulfide) groups is 1. The standard InChI is InChI=1S/C18H21FN2O2S/c1-12(2)21-18-14(5-3-9-20-18)13-7-8-16(15(19)11-13)24-10-4-6-17(22)23/h3,5,7-9,11-12H,4,6,10H2,1-2H3,(H,20,21)(H,22,23). The first kappa shape index (κ1) is 18.3. The molecule has 0 atom stereocenters. The summed E-state index contributed by atoms with van der Waals surface area (Å²) in [4.78, 5) is 15.4. The molecule has 0 radical (unpaired) electrons. The van der Waals surface area contributed by atoms with Gasteiger partial charge in [-0.15, -0.1) is 11.8 Å². The molecule has 2 aromatic rings. The maximum absolute atomic E-state index is 14.3. The van der Waals surface area contributed by atoms with Gasteiger partial charge in [-0.2, -0.15) is 0 Å². The summed E-state index contributed by atoms with van der Waals surface area (Å²) in [5.74, 6) is 0.185. The second-order valence-electron chi connectivity index (χ2n) is 5.69. The van der Waals surface area contributed by atoms with Gasteiger partial charge in [-0.25, -0.2) is 9.37 Å². The molecule has 0 amide bonds. The number of nitrogens with one attached hydrogen (secondary N) is 1. The van der Waals surface area contributed by atoms with Crippen LogP contribution in [0.3, 0.4) is 0 Å². The van der Waals surface area contributed by atoms with Gasteiger partial charge in [-0.1, -0.05) is 6.07 Å². The molecule has 0 spiro atoms. The number of benzene rings is 1. The number of halogens is 1.